The minimum atomic E-state index is -3.88. The molecule has 10 nitrogen and oxygen atoms in total. The molecule has 0 N–H and O–H groups in total. The minimum absolute atomic E-state index is 0.117. The molecule has 0 unspecified atom stereocenters. The van der Waals surface area contributed by atoms with Crippen LogP contribution in [0.5, 0.6) is 11.5 Å². The van der Waals surface area contributed by atoms with Crippen molar-refractivity contribution in [3.05, 3.63) is 65.6 Å². The van der Waals surface area contributed by atoms with Gasteiger partial charge in [-0.05, 0) is 42.4 Å². The van der Waals surface area contributed by atoms with Crippen LogP contribution in [0.2, 0.25) is 30.7 Å². The van der Waals surface area contributed by atoms with Gasteiger partial charge in [-0.1, -0.05) is 37.3 Å². The third-order valence-electron chi connectivity index (χ3n) is 6.04. The summed E-state index contributed by atoms with van der Waals surface area (Å²) in [5, 5.41) is 9.27. The van der Waals surface area contributed by atoms with Gasteiger partial charge in [-0.25, -0.2) is 12.7 Å². The molecule has 4 aromatic rings. The molecular formula is C26H32ClN5O5SSi. The largest absolute Gasteiger partial charge is 0.494 e. The van der Waals surface area contributed by atoms with Crippen LogP contribution in [0.4, 0.5) is 5.95 Å². The number of aromatic nitrogens is 4. The van der Waals surface area contributed by atoms with E-state index in [0.29, 0.717) is 45.5 Å². The number of hydrogen-bond acceptors (Lipinski definition) is 8. The fourth-order valence-electron chi connectivity index (χ4n) is 3.96. The number of ether oxygens (including phenoxy) is 2. The van der Waals surface area contributed by atoms with Crippen LogP contribution >= 0.6 is 11.6 Å². The highest BCUT2D eigenvalue weighted by Crippen LogP contribution is 2.39. The number of furan rings is 1. The van der Waals surface area contributed by atoms with Crippen molar-refractivity contribution in [1.82, 2.24) is 19.7 Å². The normalized spacial score (nSPS) is 11.9. The Hall–Kier alpha value is -3.35. The predicted molar refractivity (Wildman–Crippen MR) is 154 cm³/mol. The predicted octanol–water partition coefficient (Wildman–Crippen LogP) is 5.31. The molecule has 0 spiro atoms. The number of nitrogens with zero attached hydrogens (tertiary/aromatic N) is 5. The van der Waals surface area contributed by atoms with E-state index in [1.165, 1.54) is 31.0 Å². The number of benzene rings is 1. The van der Waals surface area contributed by atoms with Crippen molar-refractivity contribution in [3.63, 3.8) is 0 Å². The Labute approximate surface area is 234 Å². The van der Waals surface area contributed by atoms with Gasteiger partial charge in [0, 0.05) is 32.9 Å². The lowest BCUT2D eigenvalue weighted by Gasteiger charge is -2.27. The van der Waals surface area contributed by atoms with Crippen molar-refractivity contribution >= 4 is 35.6 Å². The molecule has 0 fully saturated rings. The maximum Gasteiger partial charge on any atom is 0.246 e. The molecule has 0 aliphatic carbocycles. The zero-order valence-electron chi connectivity index (χ0n) is 22.6. The molecule has 0 saturated heterocycles. The van der Waals surface area contributed by atoms with Crippen molar-refractivity contribution in [3.8, 4) is 28.8 Å². The highest BCUT2D eigenvalue weighted by atomic mass is 35.5. The van der Waals surface area contributed by atoms with E-state index >= 15 is 0 Å². The molecule has 0 bridgehead atoms. The summed E-state index contributed by atoms with van der Waals surface area (Å²) < 4.78 is 47.9. The monoisotopic (exact) mass is 589 g/mol. The number of rotatable bonds is 12. The third kappa shape index (κ3) is 6.63. The van der Waals surface area contributed by atoms with E-state index in [4.69, 9.17) is 25.5 Å². The Morgan fingerprint density at radius 2 is 1.74 bits per heavy atom. The van der Waals surface area contributed by atoms with Crippen molar-refractivity contribution < 1.29 is 22.3 Å². The Morgan fingerprint density at radius 1 is 1.03 bits per heavy atom. The molecule has 13 heteroatoms. The van der Waals surface area contributed by atoms with E-state index in [1.807, 2.05) is 0 Å². The fraction of sp³-hybridized carbons (Fsp3) is 0.346. The molecule has 1 aromatic carbocycles. The number of hydrogen-bond donors (Lipinski definition) is 0. The summed E-state index contributed by atoms with van der Waals surface area (Å²) in [7, 11) is -2.48. The quantitative estimate of drug-likeness (QED) is 0.204. The van der Waals surface area contributed by atoms with Gasteiger partial charge in [0.05, 0.1) is 31.3 Å². The summed E-state index contributed by atoms with van der Waals surface area (Å²) >= 11 is 5.95. The first-order valence-electron chi connectivity index (χ1n) is 12.4. The molecule has 0 radical (unpaired) electrons. The van der Waals surface area contributed by atoms with Gasteiger partial charge >= 0.3 is 0 Å². The standard InChI is InChI=1S/C26H32ClN5O5SSi/c1-35-21-8-6-9-22(36-2)24(21)32-25(23-10-7-15-37-23)29-30-26(32)31(14-17-39(3,4)5)38(33,34)16-13-20-12-11-19(27)18-28-20/h6-12,15,18H,13-14,16-17H2,1-5H3. The number of anilines is 1. The molecule has 4 rings (SSSR count). The van der Waals surface area contributed by atoms with Crippen molar-refractivity contribution in [2.45, 2.75) is 32.1 Å². The molecule has 0 saturated carbocycles. The molecule has 0 atom stereocenters. The number of para-hydroxylation sites is 1. The van der Waals surface area contributed by atoms with E-state index in [9.17, 15) is 8.42 Å². The summed E-state index contributed by atoms with van der Waals surface area (Å²) in [5.41, 5.74) is 1.08. The molecule has 208 valence electrons. The van der Waals surface area contributed by atoms with Crippen LogP contribution in [0.15, 0.2) is 59.3 Å². The van der Waals surface area contributed by atoms with Crippen molar-refractivity contribution in [2.24, 2.45) is 0 Å². The van der Waals surface area contributed by atoms with Crippen LogP contribution in [-0.2, 0) is 16.4 Å². The molecule has 3 aromatic heterocycles. The van der Waals surface area contributed by atoms with Crippen molar-refractivity contribution in [2.75, 3.05) is 30.8 Å². The Balaban J connectivity index is 1.88. The smallest absolute Gasteiger partial charge is 0.246 e. The first kappa shape index (κ1) is 28.6. The number of sulfonamides is 1. The fourth-order valence-corrected chi connectivity index (χ4v) is 6.55. The number of pyridine rings is 1. The van der Waals surface area contributed by atoms with Crippen molar-refractivity contribution in [1.29, 1.82) is 0 Å². The van der Waals surface area contributed by atoms with Gasteiger partial charge in [-0.2, -0.15) is 0 Å². The maximum absolute atomic E-state index is 14.0. The lowest BCUT2D eigenvalue weighted by atomic mass is 10.2. The summed E-state index contributed by atoms with van der Waals surface area (Å²) in [6, 6.07) is 12.9. The summed E-state index contributed by atoms with van der Waals surface area (Å²) in [4.78, 5) is 4.26. The van der Waals surface area contributed by atoms with Crippen LogP contribution in [-0.4, -0.2) is 62.8 Å². The second-order valence-corrected chi connectivity index (χ2v) is 18.1. The number of methoxy groups -OCH3 is 2. The average molecular weight is 590 g/mol. The Bertz CT molecular complexity index is 1480. The van der Waals surface area contributed by atoms with Crippen LogP contribution in [0.25, 0.3) is 17.3 Å². The van der Waals surface area contributed by atoms with Gasteiger partial charge in [0.25, 0.3) is 0 Å². The summed E-state index contributed by atoms with van der Waals surface area (Å²) in [6.45, 7) is 6.81. The van der Waals surface area contributed by atoms with Gasteiger partial charge in [0.1, 0.15) is 17.2 Å². The van der Waals surface area contributed by atoms with E-state index in [-0.39, 0.29) is 24.7 Å². The average Bonchev–Trinajstić information content (AvgIpc) is 3.57. The topological polar surface area (TPSA) is 113 Å². The first-order chi connectivity index (χ1) is 18.5. The van der Waals surface area contributed by atoms with Gasteiger partial charge in [0.15, 0.2) is 5.76 Å². The molecule has 0 aliphatic rings. The molecular weight excluding hydrogens is 558 g/mol. The highest BCUT2D eigenvalue weighted by Gasteiger charge is 2.33. The second kappa shape index (κ2) is 11.8. The van der Waals surface area contributed by atoms with Crippen LogP contribution < -0.4 is 13.8 Å². The Morgan fingerprint density at radius 3 is 2.31 bits per heavy atom. The summed E-state index contributed by atoms with van der Waals surface area (Å²) in [6.07, 6.45) is 3.24. The molecule has 0 amide bonds. The zero-order chi connectivity index (χ0) is 28.2. The zero-order valence-corrected chi connectivity index (χ0v) is 25.2. The lowest BCUT2D eigenvalue weighted by Crippen LogP contribution is -2.39. The van der Waals surface area contributed by atoms with Gasteiger partial charge in [-0.3, -0.25) is 9.55 Å². The summed E-state index contributed by atoms with van der Waals surface area (Å²) in [5.74, 6) is 1.57. The van der Waals surface area contributed by atoms with E-state index in [0.717, 1.165) is 0 Å². The van der Waals surface area contributed by atoms with E-state index in [1.54, 1.807) is 47.0 Å². The lowest BCUT2D eigenvalue weighted by molar-refractivity contribution is 0.391. The van der Waals surface area contributed by atoms with E-state index < -0.39 is 18.1 Å². The molecule has 0 aliphatic heterocycles. The second-order valence-electron chi connectivity index (χ2n) is 10.1. The van der Waals surface area contributed by atoms with Gasteiger partial charge < -0.3 is 13.9 Å². The number of aryl methyl sites for hydroxylation is 1. The van der Waals surface area contributed by atoms with Gasteiger partial charge in [0.2, 0.25) is 21.8 Å². The number of halogens is 1. The molecule has 39 heavy (non-hydrogen) atoms. The highest BCUT2D eigenvalue weighted by molar-refractivity contribution is 7.92. The maximum atomic E-state index is 14.0. The first-order valence-corrected chi connectivity index (χ1v) is 18.0. The van der Waals surface area contributed by atoms with Crippen LogP contribution in [0, 0.1) is 0 Å². The SMILES string of the molecule is COc1cccc(OC)c1-n1c(-c2ccco2)nnc1N(CC[Si](C)(C)C)S(=O)(=O)CCc1ccc(Cl)cn1. The Kier molecular flexibility index (Phi) is 8.67. The van der Waals surface area contributed by atoms with Crippen LogP contribution in [0.1, 0.15) is 5.69 Å². The van der Waals surface area contributed by atoms with Gasteiger partial charge in [-0.15, -0.1) is 10.2 Å². The minimum Gasteiger partial charge on any atom is -0.494 e. The third-order valence-corrected chi connectivity index (χ3v) is 9.73. The van der Waals surface area contributed by atoms with Crippen LogP contribution in [0.3, 0.4) is 0 Å². The molecule has 3 heterocycles. The van der Waals surface area contributed by atoms with E-state index in [2.05, 4.69) is 34.8 Å².